The maximum atomic E-state index is 13.3. The van der Waals surface area contributed by atoms with E-state index < -0.39 is 11.7 Å². The summed E-state index contributed by atoms with van der Waals surface area (Å²) in [6.07, 6.45) is 0.380. The van der Waals surface area contributed by atoms with Crippen molar-refractivity contribution in [2.24, 2.45) is 5.92 Å². The van der Waals surface area contributed by atoms with E-state index in [4.69, 9.17) is 0 Å². The SMILES string of the molecule is O=C(NCc1ccc(F)cc1)[C@@H]1CCN(c2cccc(F)c2)C1=O. The minimum atomic E-state index is -0.784. The van der Waals surface area contributed by atoms with Gasteiger partial charge >= 0.3 is 0 Å². The highest BCUT2D eigenvalue weighted by Gasteiger charge is 2.37. The largest absolute Gasteiger partial charge is 0.351 e. The number of benzene rings is 2. The van der Waals surface area contributed by atoms with Crippen molar-refractivity contribution in [3.8, 4) is 0 Å². The summed E-state index contributed by atoms with van der Waals surface area (Å²) in [7, 11) is 0. The summed E-state index contributed by atoms with van der Waals surface area (Å²) in [6.45, 7) is 0.597. The van der Waals surface area contributed by atoms with E-state index in [1.54, 1.807) is 18.2 Å². The zero-order chi connectivity index (χ0) is 17.1. The number of nitrogens with zero attached hydrogens (tertiary/aromatic N) is 1. The van der Waals surface area contributed by atoms with Crippen molar-refractivity contribution in [1.82, 2.24) is 5.32 Å². The Morgan fingerprint density at radius 3 is 2.58 bits per heavy atom. The lowest BCUT2D eigenvalue weighted by atomic mass is 10.1. The molecule has 2 amide bonds. The Kier molecular flexibility index (Phi) is 4.55. The fourth-order valence-electron chi connectivity index (χ4n) is 2.74. The summed E-state index contributed by atoms with van der Waals surface area (Å²) < 4.78 is 26.1. The Balaban J connectivity index is 1.62. The zero-order valence-corrected chi connectivity index (χ0v) is 12.8. The van der Waals surface area contributed by atoms with Gasteiger partial charge in [-0.05, 0) is 42.3 Å². The molecule has 3 rings (SSSR count). The molecule has 1 N–H and O–H groups in total. The van der Waals surface area contributed by atoms with Gasteiger partial charge in [-0.1, -0.05) is 18.2 Å². The van der Waals surface area contributed by atoms with E-state index in [9.17, 15) is 18.4 Å². The number of rotatable bonds is 4. The van der Waals surface area contributed by atoms with Crippen molar-refractivity contribution >= 4 is 17.5 Å². The number of anilines is 1. The first kappa shape index (κ1) is 16.1. The molecule has 124 valence electrons. The number of carbonyl (C=O) groups is 2. The van der Waals surface area contributed by atoms with Crippen LogP contribution >= 0.6 is 0 Å². The standard InChI is InChI=1S/C18H16F2N2O2/c19-13-6-4-12(5-7-13)11-21-17(23)16-8-9-22(18(16)24)15-3-1-2-14(20)10-15/h1-7,10,16H,8-9,11H2,(H,21,23)/t16-/m0/s1. The van der Waals surface area contributed by atoms with Crippen LogP contribution in [0.3, 0.4) is 0 Å². The molecular weight excluding hydrogens is 314 g/mol. The van der Waals surface area contributed by atoms with Gasteiger partial charge in [-0.15, -0.1) is 0 Å². The van der Waals surface area contributed by atoms with Gasteiger partial charge in [-0.3, -0.25) is 9.59 Å². The van der Waals surface area contributed by atoms with Gasteiger partial charge in [0.1, 0.15) is 17.6 Å². The highest BCUT2D eigenvalue weighted by Crippen LogP contribution is 2.25. The normalized spacial score (nSPS) is 17.2. The van der Waals surface area contributed by atoms with Crippen molar-refractivity contribution < 1.29 is 18.4 Å². The smallest absolute Gasteiger partial charge is 0.239 e. The van der Waals surface area contributed by atoms with Gasteiger partial charge in [0.25, 0.3) is 0 Å². The molecule has 0 spiro atoms. The third kappa shape index (κ3) is 3.42. The Morgan fingerprint density at radius 1 is 1.12 bits per heavy atom. The van der Waals surface area contributed by atoms with Crippen LogP contribution in [0, 0.1) is 17.6 Å². The molecule has 0 aliphatic carbocycles. The summed E-state index contributed by atoms with van der Waals surface area (Å²) >= 11 is 0. The first-order valence-corrected chi connectivity index (χ1v) is 7.64. The van der Waals surface area contributed by atoms with Crippen molar-refractivity contribution in [3.05, 3.63) is 65.7 Å². The molecule has 1 aliphatic heterocycles. The molecule has 1 atom stereocenters. The first-order chi connectivity index (χ1) is 11.5. The van der Waals surface area contributed by atoms with Crippen LogP contribution in [0.2, 0.25) is 0 Å². The van der Waals surface area contributed by atoms with Crippen LogP contribution in [-0.4, -0.2) is 18.4 Å². The van der Waals surface area contributed by atoms with Crippen LogP contribution in [0.4, 0.5) is 14.5 Å². The summed E-state index contributed by atoms with van der Waals surface area (Å²) in [5, 5.41) is 2.69. The summed E-state index contributed by atoms with van der Waals surface area (Å²) in [4.78, 5) is 26.1. The first-order valence-electron chi connectivity index (χ1n) is 7.64. The average molecular weight is 330 g/mol. The van der Waals surface area contributed by atoms with E-state index in [0.29, 0.717) is 18.7 Å². The monoisotopic (exact) mass is 330 g/mol. The van der Waals surface area contributed by atoms with Gasteiger partial charge in [0.05, 0.1) is 0 Å². The van der Waals surface area contributed by atoms with E-state index in [-0.39, 0.29) is 24.2 Å². The number of hydrogen-bond donors (Lipinski definition) is 1. The third-order valence-electron chi connectivity index (χ3n) is 4.02. The molecule has 2 aromatic carbocycles. The number of carbonyl (C=O) groups excluding carboxylic acids is 2. The fourth-order valence-corrected chi connectivity index (χ4v) is 2.74. The summed E-state index contributed by atoms with van der Waals surface area (Å²) in [5.41, 5.74) is 1.20. The molecule has 0 aromatic heterocycles. The number of amides is 2. The van der Waals surface area contributed by atoms with Crippen molar-refractivity contribution in [2.75, 3.05) is 11.4 Å². The van der Waals surface area contributed by atoms with Gasteiger partial charge in [0, 0.05) is 18.8 Å². The van der Waals surface area contributed by atoms with Gasteiger partial charge < -0.3 is 10.2 Å². The van der Waals surface area contributed by atoms with E-state index in [0.717, 1.165) is 5.56 Å². The maximum Gasteiger partial charge on any atom is 0.239 e. The molecule has 0 unspecified atom stereocenters. The summed E-state index contributed by atoms with van der Waals surface area (Å²) in [6, 6.07) is 11.5. The molecule has 24 heavy (non-hydrogen) atoms. The second kappa shape index (κ2) is 6.78. The van der Waals surface area contributed by atoms with Crippen molar-refractivity contribution in [1.29, 1.82) is 0 Å². The second-order valence-electron chi connectivity index (χ2n) is 5.66. The Labute approximate surface area is 138 Å². The minimum absolute atomic E-state index is 0.225. The number of hydrogen-bond acceptors (Lipinski definition) is 2. The van der Waals surface area contributed by atoms with E-state index >= 15 is 0 Å². The maximum absolute atomic E-state index is 13.3. The van der Waals surface area contributed by atoms with Crippen molar-refractivity contribution in [3.63, 3.8) is 0 Å². The van der Waals surface area contributed by atoms with Gasteiger partial charge in [-0.2, -0.15) is 0 Å². The van der Waals surface area contributed by atoms with Crippen molar-refractivity contribution in [2.45, 2.75) is 13.0 Å². The lowest BCUT2D eigenvalue weighted by Gasteiger charge is -2.16. The summed E-state index contributed by atoms with van der Waals surface area (Å²) in [5.74, 6) is -2.26. The van der Waals surface area contributed by atoms with Gasteiger partial charge in [0.15, 0.2) is 0 Å². The molecule has 1 fully saturated rings. The van der Waals surface area contributed by atoms with Gasteiger partial charge in [0.2, 0.25) is 11.8 Å². The topological polar surface area (TPSA) is 49.4 Å². The van der Waals surface area contributed by atoms with Gasteiger partial charge in [-0.25, -0.2) is 8.78 Å². The van der Waals surface area contributed by atoms with E-state index in [1.807, 2.05) is 0 Å². The molecule has 2 aromatic rings. The van der Waals surface area contributed by atoms with E-state index in [2.05, 4.69) is 5.32 Å². The average Bonchev–Trinajstić information content (AvgIpc) is 2.96. The lowest BCUT2D eigenvalue weighted by Crippen LogP contribution is -2.36. The predicted octanol–water partition coefficient (Wildman–Crippen LogP) is 2.63. The highest BCUT2D eigenvalue weighted by molar-refractivity contribution is 6.09. The fraction of sp³-hybridized carbons (Fsp3) is 0.222. The molecule has 1 heterocycles. The number of halogens is 2. The molecule has 0 saturated carbocycles. The van der Waals surface area contributed by atoms with E-state index in [1.165, 1.54) is 35.2 Å². The Morgan fingerprint density at radius 2 is 1.88 bits per heavy atom. The zero-order valence-electron chi connectivity index (χ0n) is 12.8. The third-order valence-corrected chi connectivity index (χ3v) is 4.02. The van der Waals surface area contributed by atoms with Crippen LogP contribution < -0.4 is 10.2 Å². The molecule has 0 radical (unpaired) electrons. The van der Waals surface area contributed by atoms with Crippen LogP contribution in [0.5, 0.6) is 0 Å². The Bertz CT molecular complexity index is 762. The van der Waals surface area contributed by atoms with Crippen LogP contribution in [0.1, 0.15) is 12.0 Å². The van der Waals surface area contributed by atoms with Crippen LogP contribution in [-0.2, 0) is 16.1 Å². The van der Waals surface area contributed by atoms with Crippen LogP contribution in [0.15, 0.2) is 48.5 Å². The molecule has 1 saturated heterocycles. The molecule has 6 heteroatoms. The number of nitrogens with one attached hydrogen (secondary N) is 1. The minimum Gasteiger partial charge on any atom is -0.351 e. The molecule has 0 bridgehead atoms. The predicted molar refractivity (Wildman–Crippen MR) is 85.1 cm³/mol. The Hall–Kier alpha value is -2.76. The molecule has 4 nitrogen and oxygen atoms in total. The quantitative estimate of drug-likeness (QED) is 0.876. The lowest BCUT2D eigenvalue weighted by molar-refractivity contribution is -0.132. The molecular formula is C18H16F2N2O2. The highest BCUT2D eigenvalue weighted by atomic mass is 19.1. The van der Waals surface area contributed by atoms with Crippen LogP contribution in [0.25, 0.3) is 0 Å². The molecule has 1 aliphatic rings. The second-order valence-corrected chi connectivity index (χ2v) is 5.66.